The highest BCUT2D eigenvalue weighted by Gasteiger charge is 2.26. The fraction of sp³-hybridized carbons (Fsp3) is 0.526. The molecule has 0 bridgehead atoms. The lowest BCUT2D eigenvalue weighted by atomic mass is 10.3. The van der Waals surface area contributed by atoms with Crippen LogP contribution in [0.3, 0.4) is 0 Å². The second-order valence-corrected chi connectivity index (χ2v) is 7.02. The fourth-order valence-corrected chi connectivity index (χ4v) is 3.47. The quantitative estimate of drug-likeness (QED) is 0.639. The van der Waals surface area contributed by atoms with Crippen molar-refractivity contribution >= 4 is 11.7 Å². The molecule has 3 heterocycles. The number of nitrogens with one attached hydrogen (secondary N) is 3. The van der Waals surface area contributed by atoms with Crippen LogP contribution in [0.1, 0.15) is 17.8 Å². The number of aromatic nitrogens is 3. The molecule has 2 aromatic rings. The second-order valence-electron chi connectivity index (χ2n) is 7.02. The van der Waals surface area contributed by atoms with E-state index < -0.39 is 0 Å². The van der Waals surface area contributed by atoms with Crippen molar-refractivity contribution in [1.82, 2.24) is 15.1 Å². The number of carbonyl (C=O) groups is 1. The molecule has 0 atom stereocenters. The summed E-state index contributed by atoms with van der Waals surface area (Å²) in [7, 11) is 0. The van der Waals surface area contributed by atoms with Gasteiger partial charge in [0.25, 0.3) is 11.7 Å². The van der Waals surface area contributed by atoms with Gasteiger partial charge in [-0.15, -0.1) is 0 Å². The Kier molecular flexibility index (Phi) is 6.22. The number of aromatic amines is 1. The summed E-state index contributed by atoms with van der Waals surface area (Å²) >= 11 is 0. The van der Waals surface area contributed by atoms with Gasteiger partial charge in [0.05, 0.1) is 11.9 Å². The number of quaternary nitrogens is 1. The third-order valence-electron chi connectivity index (χ3n) is 4.89. The van der Waals surface area contributed by atoms with Crippen LogP contribution in [0.5, 0.6) is 0 Å². The van der Waals surface area contributed by atoms with Gasteiger partial charge in [-0.1, -0.05) is 6.07 Å². The molecule has 0 saturated carbocycles. The summed E-state index contributed by atoms with van der Waals surface area (Å²) in [5, 5.41) is 7.49. The molecule has 0 unspecified atom stereocenters. The van der Waals surface area contributed by atoms with Crippen molar-refractivity contribution in [2.45, 2.75) is 26.8 Å². The first-order chi connectivity index (χ1) is 12.6. The van der Waals surface area contributed by atoms with Crippen LogP contribution in [0, 0.1) is 13.8 Å². The van der Waals surface area contributed by atoms with Crippen LogP contribution in [-0.2, 0) is 11.3 Å². The first-order valence-electron chi connectivity index (χ1n) is 9.45. The molecule has 0 radical (unpaired) electrons. The molecule has 0 aliphatic carbocycles. The fourth-order valence-electron chi connectivity index (χ4n) is 3.47. The van der Waals surface area contributed by atoms with E-state index in [1.54, 1.807) is 0 Å². The Morgan fingerprint density at radius 1 is 1.31 bits per heavy atom. The Bertz CT molecular complexity index is 706. The summed E-state index contributed by atoms with van der Waals surface area (Å²) in [6.45, 7) is 10.1. The maximum atomic E-state index is 12.2. The molecule has 1 fully saturated rings. The van der Waals surface area contributed by atoms with Gasteiger partial charge in [-0.3, -0.25) is 14.4 Å². The van der Waals surface area contributed by atoms with E-state index in [2.05, 4.69) is 39.4 Å². The van der Waals surface area contributed by atoms with Crippen molar-refractivity contribution in [3.8, 4) is 0 Å². The number of amides is 1. The number of H-pyrrole nitrogens is 1. The SMILES string of the molecule is Cc1cc(C)n(CCCNC(=O)C[NH+]2CCN(c3cccc[nH+]3)CC2)n1. The molecule has 7 heteroatoms. The lowest BCUT2D eigenvalue weighted by molar-refractivity contribution is -0.892. The Morgan fingerprint density at radius 3 is 2.77 bits per heavy atom. The van der Waals surface area contributed by atoms with E-state index in [-0.39, 0.29) is 5.91 Å². The van der Waals surface area contributed by atoms with Crippen molar-refractivity contribution in [3.63, 3.8) is 0 Å². The van der Waals surface area contributed by atoms with E-state index in [9.17, 15) is 4.79 Å². The molecule has 1 aliphatic heterocycles. The molecule has 0 aromatic carbocycles. The van der Waals surface area contributed by atoms with Crippen molar-refractivity contribution < 1.29 is 14.7 Å². The number of hydrogen-bond donors (Lipinski definition) is 2. The number of hydrogen-bond acceptors (Lipinski definition) is 3. The lowest BCUT2D eigenvalue weighted by Gasteiger charge is -2.27. The summed E-state index contributed by atoms with van der Waals surface area (Å²) in [6.07, 6.45) is 2.86. The summed E-state index contributed by atoms with van der Waals surface area (Å²) in [5.74, 6) is 1.30. The third kappa shape index (κ3) is 5.05. The van der Waals surface area contributed by atoms with Crippen LogP contribution >= 0.6 is 0 Å². The van der Waals surface area contributed by atoms with E-state index in [4.69, 9.17) is 0 Å². The van der Waals surface area contributed by atoms with Gasteiger partial charge < -0.3 is 10.2 Å². The Hall–Kier alpha value is -2.41. The van der Waals surface area contributed by atoms with E-state index in [0.717, 1.165) is 50.7 Å². The molecular formula is C19H30N6O+2. The van der Waals surface area contributed by atoms with Crippen LogP contribution in [0.2, 0.25) is 0 Å². The molecule has 140 valence electrons. The Balaban J connectivity index is 1.32. The minimum Gasteiger partial charge on any atom is -0.351 e. The first kappa shape index (κ1) is 18.4. The number of piperazine rings is 1. The zero-order valence-corrected chi connectivity index (χ0v) is 15.8. The maximum Gasteiger partial charge on any atom is 0.275 e. The molecule has 26 heavy (non-hydrogen) atoms. The predicted molar refractivity (Wildman–Crippen MR) is 100 cm³/mol. The van der Waals surface area contributed by atoms with Gasteiger partial charge in [0.2, 0.25) is 0 Å². The number of carbonyl (C=O) groups excluding carboxylic acids is 1. The summed E-state index contributed by atoms with van der Waals surface area (Å²) in [5.41, 5.74) is 2.22. The average Bonchev–Trinajstić information content (AvgIpc) is 2.97. The number of aryl methyl sites for hydroxylation is 3. The average molecular weight is 358 g/mol. The largest absolute Gasteiger partial charge is 0.351 e. The first-order valence-corrected chi connectivity index (χ1v) is 9.45. The summed E-state index contributed by atoms with van der Waals surface area (Å²) < 4.78 is 2.01. The van der Waals surface area contributed by atoms with Crippen molar-refractivity contribution in [2.24, 2.45) is 0 Å². The monoisotopic (exact) mass is 358 g/mol. The minimum absolute atomic E-state index is 0.146. The standard InChI is InChI=1S/C19H28N6O/c1-16-14-17(2)25(22-16)9-5-8-21-19(26)15-23-10-12-24(13-11-23)18-6-3-4-7-20-18/h3-4,6-7,14H,5,8-13,15H2,1-2H3,(H,21,26)/p+2. The molecule has 1 amide bonds. The maximum absolute atomic E-state index is 12.2. The topological polar surface area (TPSA) is 68.7 Å². The highest BCUT2D eigenvalue weighted by atomic mass is 16.2. The molecule has 1 aliphatic rings. The predicted octanol–water partition coefficient (Wildman–Crippen LogP) is -0.775. The molecule has 1 saturated heterocycles. The smallest absolute Gasteiger partial charge is 0.275 e. The Morgan fingerprint density at radius 2 is 2.12 bits per heavy atom. The van der Waals surface area contributed by atoms with E-state index in [0.29, 0.717) is 13.1 Å². The summed E-state index contributed by atoms with van der Waals surface area (Å²) in [6, 6.07) is 8.21. The Labute approximate surface area is 155 Å². The van der Waals surface area contributed by atoms with Gasteiger partial charge in [-0.25, -0.2) is 4.98 Å². The van der Waals surface area contributed by atoms with Gasteiger partial charge in [0.15, 0.2) is 6.54 Å². The van der Waals surface area contributed by atoms with Crippen LogP contribution in [-0.4, -0.2) is 55.0 Å². The van der Waals surface area contributed by atoms with Gasteiger partial charge >= 0.3 is 0 Å². The minimum atomic E-state index is 0.146. The van der Waals surface area contributed by atoms with Crippen LogP contribution in [0.25, 0.3) is 0 Å². The molecule has 3 rings (SSSR count). The van der Waals surface area contributed by atoms with Crippen LogP contribution in [0.4, 0.5) is 5.82 Å². The number of nitrogens with zero attached hydrogens (tertiary/aromatic N) is 3. The molecular weight excluding hydrogens is 328 g/mol. The molecule has 7 nitrogen and oxygen atoms in total. The van der Waals surface area contributed by atoms with Crippen molar-refractivity contribution in [1.29, 1.82) is 0 Å². The van der Waals surface area contributed by atoms with Gasteiger partial charge in [0.1, 0.15) is 26.2 Å². The van der Waals surface area contributed by atoms with E-state index in [1.165, 1.54) is 10.6 Å². The van der Waals surface area contributed by atoms with E-state index >= 15 is 0 Å². The third-order valence-corrected chi connectivity index (χ3v) is 4.89. The van der Waals surface area contributed by atoms with Gasteiger partial charge in [0, 0.05) is 24.8 Å². The van der Waals surface area contributed by atoms with Gasteiger partial charge in [-0.2, -0.15) is 5.10 Å². The van der Waals surface area contributed by atoms with Gasteiger partial charge in [-0.05, 0) is 32.4 Å². The number of anilines is 1. The van der Waals surface area contributed by atoms with Crippen molar-refractivity contribution in [3.05, 3.63) is 41.9 Å². The zero-order chi connectivity index (χ0) is 18.4. The highest BCUT2D eigenvalue weighted by Crippen LogP contribution is 2.04. The van der Waals surface area contributed by atoms with Crippen LogP contribution in [0.15, 0.2) is 30.5 Å². The number of rotatable bonds is 7. The highest BCUT2D eigenvalue weighted by molar-refractivity contribution is 5.76. The normalized spacial score (nSPS) is 15.2. The zero-order valence-electron chi connectivity index (χ0n) is 15.8. The van der Waals surface area contributed by atoms with E-state index in [1.807, 2.05) is 29.9 Å². The molecule has 2 aromatic heterocycles. The molecule has 3 N–H and O–H groups in total. The summed E-state index contributed by atoms with van der Waals surface area (Å²) in [4.78, 5) is 19.1. The molecule has 0 spiro atoms. The number of pyridine rings is 1. The van der Waals surface area contributed by atoms with Crippen LogP contribution < -0.4 is 20.1 Å². The van der Waals surface area contributed by atoms with Crippen molar-refractivity contribution in [2.75, 3.05) is 44.2 Å². The lowest BCUT2D eigenvalue weighted by Crippen LogP contribution is -3.16. The second kappa shape index (κ2) is 8.80.